The van der Waals surface area contributed by atoms with E-state index < -0.39 is 35.7 Å². The molecule has 19 heteroatoms. The van der Waals surface area contributed by atoms with E-state index >= 15 is 0 Å². The summed E-state index contributed by atoms with van der Waals surface area (Å²) in [4.78, 5) is 58.9. The van der Waals surface area contributed by atoms with Gasteiger partial charge in [-0.15, -0.1) is 21.5 Å². The first-order valence-electron chi connectivity index (χ1n) is 25.4. The first kappa shape index (κ1) is 55.3. The number of aromatic nitrogens is 3. The second-order valence-corrected chi connectivity index (χ2v) is 20.9. The number of amides is 3. The van der Waals surface area contributed by atoms with Crippen LogP contribution < -0.4 is 20.7 Å². The van der Waals surface area contributed by atoms with Crippen molar-refractivity contribution in [3.05, 3.63) is 146 Å². The molecule has 4 aromatic carbocycles. The second-order valence-electron chi connectivity index (χ2n) is 19.3. The maximum absolute atomic E-state index is 13.6. The number of carbonyl (C=O) groups is 4. The molecule has 76 heavy (non-hydrogen) atoms. The van der Waals surface area contributed by atoms with Gasteiger partial charge in [-0.3, -0.25) is 23.9 Å². The Morgan fingerprint density at radius 1 is 0.776 bits per heavy atom. The molecular formula is C57H64ClN7O10S. The first-order chi connectivity index (χ1) is 36.6. The van der Waals surface area contributed by atoms with Gasteiger partial charge >= 0.3 is 12.1 Å². The van der Waals surface area contributed by atoms with E-state index in [-0.39, 0.29) is 57.5 Å². The summed E-state index contributed by atoms with van der Waals surface area (Å²) in [6.45, 7) is 13.8. The standard InChI is InChI=1S/C57H64ClN7O10S/c1-35-36(2)76-55-51(35)52(38-15-17-39(58)18-16-38)61-48(53-64-63-37(3)65(53)55)33-49(66)60-40-19-21-41(22-20-40)73-32-31-72-30-29-71-28-27-70-26-25-59-54(68)47(23-24-50(67)75-57(4,5)6)62-56(69)74-34-46-44-13-9-7-11-42(44)43-12-8-10-14-45(43)46/h7-22,46-48H,23-34H2,1-6H3,(H,59,68)(H,60,66)(H,62,69)/t47-,48+/m1/s1. The quantitative estimate of drug-likeness (QED) is 0.0383. The number of esters is 1. The lowest BCUT2D eigenvalue weighted by atomic mass is 9.98. The van der Waals surface area contributed by atoms with E-state index in [1.165, 1.54) is 4.88 Å². The van der Waals surface area contributed by atoms with Crippen molar-refractivity contribution >= 4 is 58.2 Å². The van der Waals surface area contributed by atoms with Crippen LogP contribution in [0.15, 0.2) is 102 Å². The predicted molar refractivity (Wildman–Crippen MR) is 291 cm³/mol. The minimum Gasteiger partial charge on any atom is -0.491 e. The van der Waals surface area contributed by atoms with E-state index in [0.717, 1.165) is 55.5 Å². The van der Waals surface area contributed by atoms with E-state index in [1.54, 1.807) is 56.4 Å². The van der Waals surface area contributed by atoms with Crippen LogP contribution in [0, 0.1) is 20.8 Å². The Morgan fingerprint density at radius 3 is 2.07 bits per heavy atom. The largest absolute Gasteiger partial charge is 0.491 e. The second kappa shape index (κ2) is 25.7. The fourth-order valence-electron chi connectivity index (χ4n) is 8.99. The van der Waals surface area contributed by atoms with Crippen LogP contribution in [0.4, 0.5) is 10.5 Å². The highest BCUT2D eigenvalue weighted by atomic mass is 35.5. The maximum Gasteiger partial charge on any atom is 0.407 e. The summed E-state index contributed by atoms with van der Waals surface area (Å²) in [5.74, 6) is 0.607. The lowest BCUT2D eigenvalue weighted by molar-refractivity contribution is -0.155. The number of thiophene rings is 1. The SMILES string of the molecule is Cc1sc2c(c1C)C(c1ccc(Cl)cc1)=N[C@@H](CC(=O)Nc1ccc(OCCOCCOCCOCCNC(=O)[C@@H](CCC(=O)OC(C)(C)C)NC(=O)OCC3c4ccccc4-c4ccccc43)cc1)c1nnc(C)n1-2. The van der Waals surface area contributed by atoms with Crippen LogP contribution in [0.3, 0.4) is 0 Å². The molecule has 0 saturated heterocycles. The highest BCUT2D eigenvalue weighted by molar-refractivity contribution is 7.15. The summed E-state index contributed by atoms with van der Waals surface area (Å²) in [6, 6.07) is 29.1. The Balaban J connectivity index is 0.702. The molecule has 0 radical (unpaired) electrons. The van der Waals surface area contributed by atoms with Gasteiger partial charge < -0.3 is 44.4 Å². The van der Waals surface area contributed by atoms with Crippen LogP contribution in [-0.2, 0) is 38.1 Å². The molecule has 0 fully saturated rings. The zero-order valence-electron chi connectivity index (χ0n) is 43.6. The lowest BCUT2D eigenvalue weighted by Crippen LogP contribution is -2.48. The van der Waals surface area contributed by atoms with Crippen molar-refractivity contribution in [3.63, 3.8) is 0 Å². The molecule has 1 aliphatic heterocycles. The van der Waals surface area contributed by atoms with Gasteiger partial charge in [0.25, 0.3) is 0 Å². The first-order valence-corrected chi connectivity index (χ1v) is 26.6. The van der Waals surface area contributed by atoms with E-state index in [9.17, 15) is 19.2 Å². The van der Waals surface area contributed by atoms with Crippen molar-refractivity contribution in [2.45, 2.75) is 84.4 Å². The van der Waals surface area contributed by atoms with Gasteiger partial charge in [-0.25, -0.2) is 4.79 Å². The molecule has 400 valence electrons. The van der Waals surface area contributed by atoms with Gasteiger partial charge in [0.2, 0.25) is 11.8 Å². The van der Waals surface area contributed by atoms with Crippen LogP contribution in [0.2, 0.25) is 5.02 Å². The van der Waals surface area contributed by atoms with E-state index in [1.807, 2.05) is 72.2 Å². The van der Waals surface area contributed by atoms with Gasteiger partial charge in [-0.05, 0) is 112 Å². The summed E-state index contributed by atoms with van der Waals surface area (Å²) in [5.41, 5.74) is 8.05. The molecule has 2 atom stereocenters. The molecule has 8 rings (SSSR count). The molecule has 2 aliphatic rings. The van der Waals surface area contributed by atoms with E-state index in [4.69, 9.17) is 45.0 Å². The third kappa shape index (κ3) is 14.3. The Hall–Kier alpha value is -6.96. The van der Waals surface area contributed by atoms with Gasteiger partial charge in [0.05, 0.1) is 51.8 Å². The third-order valence-electron chi connectivity index (χ3n) is 12.7. The molecule has 2 aromatic heterocycles. The number of ether oxygens (including phenoxy) is 6. The average molecular weight is 1070 g/mol. The average Bonchev–Trinajstić information content (AvgIpc) is 4.06. The van der Waals surface area contributed by atoms with Crippen molar-refractivity contribution in [3.8, 4) is 21.9 Å². The number of fused-ring (bicyclic) bond motifs is 6. The van der Waals surface area contributed by atoms with Crippen LogP contribution in [0.25, 0.3) is 16.1 Å². The van der Waals surface area contributed by atoms with Gasteiger partial charge in [-0.2, -0.15) is 0 Å². The molecule has 17 nitrogen and oxygen atoms in total. The lowest BCUT2D eigenvalue weighted by Gasteiger charge is -2.22. The number of anilines is 1. The molecule has 0 bridgehead atoms. The summed E-state index contributed by atoms with van der Waals surface area (Å²) >= 11 is 7.91. The molecule has 0 saturated carbocycles. The Morgan fingerprint density at radius 2 is 1.41 bits per heavy atom. The molecular weight excluding hydrogens is 1010 g/mol. The zero-order valence-corrected chi connectivity index (χ0v) is 45.2. The highest BCUT2D eigenvalue weighted by Gasteiger charge is 2.34. The van der Waals surface area contributed by atoms with Crippen molar-refractivity contribution in [2.75, 3.05) is 64.7 Å². The monoisotopic (exact) mass is 1070 g/mol. The minimum atomic E-state index is -1.05. The number of alkyl carbamates (subject to hydrolysis) is 1. The number of aryl methyl sites for hydroxylation is 2. The summed E-state index contributed by atoms with van der Waals surface area (Å²) in [6.07, 6.45) is -0.791. The normalized spacial score (nSPS) is 14.0. The number of hydrogen-bond donors (Lipinski definition) is 3. The van der Waals surface area contributed by atoms with E-state index in [2.05, 4.69) is 52.1 Å². The molecule has 3 amide bonds. The van der Waals surface area contributed by atoms with Gasteiger partial charge in [0.15, 0.2) is 5.82 Å². The number of nitrogens with one attached hydrogen (secondary N) is 3. The Kier molecular flexibility index (Phi) is 18.7. The summed E-state index contributed by atoms with van der Waals surface area (Å²) in [7, 11) is 0. The zero-order chi connectivity index (χ0) is 53.8. The highest BCUT2D eigenvalue weighted by Crippen LogP contribution is 2.45. The number of aliphatic imine (C=N–C) groups is 1. The number of nitrogens with zero attached hydrogens (tertiary/aromatic N) is 4. The molecule has 1 aliphatic carbocycles. The van der Waals surface area contributed by atoms with E-state index in [0.29, 0.717) is 55.3 Å². The van der Waals surface area contributed by atoms with Crippen LogP contribution in [0.5, 0.6) is 5.75 Å². The number of benzene rings is 4. The molecule has 0 spiro atoms. The number of rotatable bonds is 24. The number of carbonyl (C=O) groups excluding carboxylic acids is 4. The maximum atomic E-state index is 13.6. The van der Waals surface area contributed by atoms with Gasteiger partial charge in [0.1, 0.15) is 47.5 Å². The summed E-state index contributed by atoms with van der Waals surface area (Å²) in [5, 5.41) is 18.9. The smallest absolute Gasteiger partial charge is 0.407 e. The summed E-state index contributed by atoms with van der Waals surface area (Å²) < 4.78 is 35.9. The Labute approximate surface area is 451 Å². The fraction of sp³-hybridized carbons (Fsp3) is 0.386. The number of halogens is 1. The van der Waals surface area contributed by atoms with Crippen molar-refractivity contribution < 1.29 is 47.6 Å². The predicted octanol–water partition coefficient (Wildman–Crippen LogP) is 9.40. The molecule has 3 heterocycles. The Bertz CT molecular complexity index is 2980. The molecule has 0 unspecified atom stereocenters. The van der Waals surface area contributed by atoms with Crippen molar-refractivity contribution in [1.29, 1.82) is 0 Å². The van der Waals surface area contributed by atoms with Gasteiger partial charge in [-0.1, -0.05) is 72.3 Å². The van der Waals surface area contributed by atoms with Crippen molar-refractivity contribution in [2.24, 2.45) is 4.99 Å². The van der Waals surface area contributed by atoms with Crippen LogP contribution >= 0.6 is 22.9 Å². The van der Waals surface area contributed by atoms with Crippen LogP contribution in [-0.4, -0.2) is 115 Å². The topological polar surface area (TPSA) is 203 Å². The van der Waals surface area contributed by atoms with Crippen molar-refractivity contribution in [1.82, 2.24) is 25.4 Å². The van der Waals surface area contributed by atoms with Gasteiger partial charge in [0, 0.05) is 45.6 Å². The number of hydrogen-bond acceptors (Lipinski definition) is 14. The molecule has 6 aromatic rings. The molecule has 3 N–H and O–H groups in total. The van der Waals surface area contributed by atoms with Crippen LogP contribution in [0.1, 0.15) is 96.3 Å². The third-order valence-corrected chi connectivity index (χ3v) is 14.1. The fourth-order valence-corrected chi connectivity index (χ4v) is 10.3. The minimum absolute atomic E-state index is 0.0130.